The van der Waals surface area contributed by atoms with Crippen molar-refractivity contribution in [3.63, 3.8) is 0 Å². The monoisotopic (exact) mass is 431 g/mol. The van der Waals surface area contributed by atoms with E-state index in [0.29, 0.717) is 13.0 Å². The highest BCUT2D eigenvalue weighted by atomic mass is 79.9. The number of carbonyl (C=O) groups excluding carboxylic acids is 1. The van der Waals surface area contributed by atoms with E-state index >= 15 is 0 Å². The minimum absolute atomic E-state index is 0.00392. The number of halogens is 1. The topological polar surface area (TPSA) is 64.0 Å². The lowest BCUT2D eigenvalue weighted by Crippen LogP contribution is -2.33. The molecule has 3 aromatic rings. The van der Waals surface area contributed by atoms with Crippen LogP contribution in [0.25, 0.3) is 10.6 Å². The first kappa shape index (κ1) is 18.5. The fourth-order valence-corrected chi connectivity index (χ4v) is 3.66. The molecule has 0 aliphatic carbocycles. The largest absolute Gasteiger partial charge is 0.354 e. The third kappa shape index (κ3) is 4.89. The maximum absolute atomic E-state index is 12.0. The van der Waals surface area contributed by atoms with Crippen LogP contribution in [-0.4, -0.2) is 22.0 Å². The second kappa shape index (κ2) is 8.42. The molecule has 0 radical (unpaired) electrons. The number of carbonyl (C=O) groups is 1. The summed E-state index contributed by atoms with van der Waals surface area (Å²) < 4.78 is 2.13. The van der Waals surface area contributed by atoms with Gasteiger partial charge in [0.15, 0.2) is 0 Å². The van der Waals surface area contributed by atoms with Gasteiger partial charge in [-0.25, -0.2) is 4.98 Å². The Balaban J connectivity index is 1.52. The number of pyridine rings is 1. The van der Waals surface area contributed by atoms with E-state index in [4.69, 9.17) is 0 Å². The van der Waals surface area contributed by atoms with Crippen LogP contribution in [0.1, 0.15) is 11.3 Å². The molecular weight excluding hydrogens is 414 g/mol. The first-order chi connectivity index (χ1) is 12.5. The maximum atomic E-state index is 12.0. The molecule has 7 heteroatoms. The van der Waals surface area contributed by atoms with Gasteiger partial charge in [-0.05, 0) is 28.9 Å². The Kier molecular flexibility index (Phi) is 6.00. The van der Waals surface area contributed by atoms with Crippen LogP contribution in [-0.2, 0) is 17.8 Å². The highest BCUT2D eigenvalue weighted by Gasteiger charge is 2.07. The summed E-state index contributed by atoms with van der Waals surface area (Å²) in [6.45, 7) is 2.55. The van der Waals surface area contributed by atoms with Crippen LogP contribution in [0.3, 0.4) is 0 Å². The second-order valence-electron chi connectivity index (χ2n) is 5.92. The van der Waals surface area contributed by atoms with Gasteiger partial charge < -0.3 is 9.88 Å². The fraction of sp³-hybridized carbons (Fsp3) is 0.211. The molecule has 0 aliphatic heterocycles. The van der Waals surface area contributed by atoms with Crippen LogP contribution in [0.2, 0.25) is 0 Å². The van der Waals surface area contributed by atoms with Crippen molar-refractivity contribution < 1.29 is 4.79 Å². The molecule has 0 aliphatic rings. The molecule has 0 unspecified atom stereocenters. The summed E-state index contributed by atoms with van der Waals surface area (Å²) in [6, 6.07) is 11.4. The van der Waals surface area contributed by atoms with E-state index in [9.17, 15) is 9.59 Å². The molecule has 0 fully saturated rings. The SMILES string of the molecule is Cc1ccc(-c2nc(CCNC(=O)Cn3cc(Br)ccc3=O)cs2)cc1. The van der Waals surface area contributed by atoms with Crippen LogP contribution in [0, 0.1) is 6.92 Å². The Morgan fingerprint density at radius 2 is 2.00 bits per heavy atom. The Morgan fingerprint density at radius 1 is 1.23 bits per heavy atom. The summed E-state index contributed by atoms with van der Waals surface area (Å²) in [5.74, 6) is -0.195. The summed E-state index contributed by atoms with van der Waals surface area (Å²) in [4.78, 5) is 28.4. The highest BCUT2D eigenvalue weighted by molar-refractivity contribution is 9.10. The molecule has 0 saturated heterocycles. The number of amides is 1. The summed E-state index contributed by atoms with van der Waals surface area (Å²) in [5, 5.41) is 5.83. The van der Waals surface area contributed by atoms with Gasteiger partial charge in [0.05, 0.1) is 5.69 Å². The van der Waals surface area contributed by atoms with Gasteiger partial charge in [-0.1, -0.05) is 29.8 Å². The molecule has 0 saturated carbocycles. The summed E-state index contributed by atoms with van der Waals surface area (Å²) in [7, 11) is 0. The van der Waals surface area contributed by atoms with Crippen molar-refractivity contribution in [2.75, 3.05) is 6.54 Å². The lowest BCUT2D eigenvalue weighted by atomic mass is 10.2. The molecule has 26 heavy (non-hydrogen) atoms. The Morgan fingerprint density at radius 3 is 2.77 bits per heavy atom. The molecule has 1 amide bonds. The van der Waals surface area contributed by atoms with Gasteiger partial charge in [-0.15, -0.1) is 11.3 Å². The van der Waals surface area contributed by atoms with E-state index in [1.807, 2.05) is 5.38 Å². The van der Waals surface area contributed by atoms with Crippen molar-refractivity contribution in [1.29, 1.82) is 0 Å². The van der Waals surface area contributed by atoms with Gasteiger partial charge in [-0.2, -0.15) is 0 Å². The number of nitrogens with zero attached hydrogens (tertiary/aromatic N) is 2. The Labute approximate surface area is 163 Å². The van der Waals surface area contributed by atoms with Crippen LogP contribution < -0.4 is 10.9 Å². The number of thiazole rings is 1. The predicted octanol–water partition coefficient (Wildman–Crippen LogP) is 3.40. The molecule has 1 N–H and O–H groups in total. The number of aromatic nitrogens is 2. The van der Waals surface area contributed by atoms with Gasteiger partial charge in [0.2, 0.25) is 5.91 Å². The minimum atomic E-state index is -0.203. The minimum Gasteiger partial charge on any atom is -0.354 e. The van der Waals surface area contributed by atoms with Gasteiger partial charge in [0.25, 0.3) is 5.56 Å². The summed E-state index contributed by atoms with van der Waals surface area (Å²) in [5.41, 5.74) is 3.07. The molecule has 0 atom stereocenters. The molecule has 0 spiro atoms. The molecule has 0 bridgehead atoms. The van der Waals surface area contributed by atoms with Crippen LogP contribution >= 0.6 is 27.3 Å². The second-order valence-corrected chi connectivity index (χ2v) is 7.70. The smallest absolute Gasteiger partial charge is 0.251 e. The molecular formula is C19H18BrN3O2S. The van der Waals surface area contributed by atoms with Crippen molar-refractivity contribution >= 4 is 33.2 Å². The number of aryl methyl sites for hydroxylation is 1. The van der Waals surface area contributed by atoms with Crippen LogP contribution in [0.5, 0.6) is 0 Å². The van der Waals surface area contributed by atoms with Crippen LogP contribution in [0.15, 0.2) is 57.2 Å². The van der Waals surface area contributed by atoms with E-state index in [1.165, 1.54) is 16.2 Å². The number of hydrogen-bond acceptors (Lipinski definition) is 4. The van der Waals surface area contributed by atoms with Crippen LogP contribution in [0.4, 0.5) is 0 Å². The number of nitrogens with one attached hydrogen (secondary N) is 1. The van der Waals surface area contributed by atoms with E-state index in [2.05, 4.69) is 57.4 Å². The third-order valence-corrected chi connectivity index (χ3v) is 5.22. The number of rotatable bonds is 6. The van der Waals surface area contributed by atoms with E-state index in [0.717, 1.165) is 20.7 Å². The lowest BCUT2D eigenvalue weighted by molar-refractivity contribution is -0.121. The van der Waals surface area contributed by atoms with Gasteiger partial charge in [0.1, 0.15) is 11.6 Å². The normalized spacial score (nSPS) is 10.7. The highest BCUT2D eigenvalue weighted by Crippen LogP contribution is 2.24. The first-order valence-electron chi connectivity index (χ1n) is 8.15. The van der Waals surface area contributed by atoms with Crippen molar-refractivity contribution in [1.82, 2.24) is 14.9 Å². The van der Waals surface area contributed by atoms with Crippen molar-refractivity contribution in [2.45, 2.75) is 19.9 Å². The van der Waals surface area contributed by atoms with E-state index < -0.39 is 0 Å². The number of benzene rings is 1. The zero-order chi connectivity index (χ0) is 18.5. The molecule has 5 nitrogen and oxygen atoms in total. The van der Waals surface area contributed by atoms with Crippen molar-refractivity contribution in [3.05, 3.63) is 74.1 Å². The Hall–Kier alpha value is -2.25. The lowest BCUT2D eigenvalue weighted by Gasteiger charge is -2.07. The van der Waals surface area contributed by atoms with Gasteiger partial charge in [0, 0.05) is 40.6 Å². The summed E-state index contributed by atoms with van der Waals surface area (Å²) in [6.07, 6.45) is 2.26. The molecule has 3 rings (SSSR count). The van der Waals surface area contributed by atoms with E-state index in [1.54, 1.807) is 23.6 Å². The molecule has 1 aromatic carbocycles. The van der Waals surface area contributed by atoms with Crippen molar-refractivity contribution in [3.8, 4) is 10.6 Å². The predicted molar refractivity (Wildman–Crippen MR) is 107 cm³/mol. The van der Waals surface area contributed by atoms with E-state index in [-0.39, 0.29) is 18.0 Å². The third-order valence-electron chi connectivity index (χ3n) is 3.81. The standard InChI is InChI=1S/C19H18BrN3O2S/c1-13-2-4-14(5-3-13)19-22-16(12-26-19)8-9-21-17(24)11-23-10-15(20)6-7-18(23)25/h2-7,10,12H,8-9,11H2,1H3,(H,21,24). The fourth-order valence-electron chi connectivity index (χ4n) is 2.42. The maximum Gasteiger partial charge on any atom is 0.251 e. The zero-order valence-corrected chi connectivity index (χ0v) is 16.6. The molecule has 2 heterocycles. The van der Waals surface area contributed by atoms with Gasteiger partial charge >= 0.3 is 0 Å². The average Bonchev–Trinajstić information content (AvgIpc) is 3.08. The Bertz CT molecular complexity index is 963. The average molecular weight is 432 g/mol. The van der Waals surface area contributed by atoms with Gasteiger partial charge in [-0.3, -0.25) is 9.59 Å². The molecule has 134 valence electrons. The van der Waals surface area contributed by atoms with Crippen molar-refractivity contribution in [2.24, 2.45) is 0 Å². The number of hydrogen-bond donors (Lipinski definition) is 1. The zero-order valence-electron chi connectivity index (χ0n) is 14.2. The first-order valence-corrected chi connectivity index (χ1v) is 9.83. The summed E-state index contributed by atoms with van der Waals surface area (Å²) >= 11 is 4.90. The molecule has 2 aromatic heterocycles. The quantitative estimate of drug-likeness (QED) is 0.650.